The van der Waals surface area contributed by atoms with Crippen LogP contribution < -0.4 is 28.6 Å². The maximum Gasteiger partial charge on any atom is 0.244 e. The predicted octanol–water partition coefficient (Wildman–Crippen LogP) is 5.68. The number of likely N-dealkylation sites (N-methyl/N-ethyl adjacent to an activating group) is 1. The highest BCUT2D eigenvalue weighted by Crippen LogP contribution is 2.48. The van der Waals surface area contributed by atoms with E-state index in [0.717, 1.165) is 29.1 Å². The molecule has 8 nitrogen and oxygen atoms in total. The van der Waals surface area contributed by atoms with Crippen LogP contribution >= 0.6 is 24.2 Å². The van der Waals surface area contributed by atoms with E-state index in [1.54, 1.807) is 44.1 Å². The number of hydrogen-bond donors (Lipinski definition) is 0. The van der Waals surface area contributed by atoms with Gasteiger partial charge in [-0.3, -0.25) is 9.69 Å². The standard InChI is InChI=1S/C29H34N2O6S.ClH/c1-30(19-37-21-12-14-25(34-4)26(18-21)35-5)15-8-16-36-24-13-11-20(33-3)17-22(24)28-29(32)31(2)23-9-6-7-10-27(23)38-28;/h6-7,9-14,17-18,28H,8,15-16,19H2,1-5H3;1H. The molecule has 1 aliphatic rings. The molecule has 39 heavy (non-hydrogen) atoms. The van der Waals surface area contributed by atoms with Crippen LogP contribution in [0.25, 0.3) is 0 Å². The maximum absolute atomic E-state index is 13.3. The van der Waals surface area contributed by atoms with Crippen molar-refractivity contribution in [2.45, 2.75) is 16.6 Å². The van der Waals surface area contributed by atoms with E-state index in [-0.39, 0.29) is 18.3 Å². The van der Waals surface area contributed by atoms with Crippen molar-refractivity contribution < 1.29 is 28.5 Å². The summed E-state index contributed by atoms with van der Waals surface area (Å²) < 4.78 is 28.1. The van der Waals surface area contributed by atoms with E-state index in [1.165, 1.54) is 0 Å². The zero-order valence-corrected chi connectivity index (χ0v) is 24.5. The fourth-order valence-electron chi connectivity index (χ4n) is 4.16. The molecule has 3 aromatic rings. The SMILES string of the molecule is COc1ccc(OCCCN(C)COc2ccc(OC)c(OC)c2)c(C2Sc3ccccc3N(C)C2=O)c1.Cl. The average molecular weight is 575 g/mol. The van der Waals surface area contributed by atoms with Crippen LogP contribution in [0.1, 0.15) is 17.2 Å². The summed E-state index contributed by atoms with van der Waals surface area (Å²) in [4.78, 5) is 18.1. The minimum absolute atomic E-state index is 0. The number of fused-ring (bicyclic) bond motifs is 1. The van der Waals surface area contributed by atoms with Crippen LogP contribution in [-0.2, 0) is 4.79 Å². The molecule has 0 aromatic heterocycles. The topological polar surface area (TPSA) is 69.7 Å². The number of hydrogen-bond acceptors (Lipinski definition) is 8. The van der Waals surface area contributed by atoms with Gasteiger partial charge in [0.15, 0.2) is 11.5 Å². The van der Waals surface area contributed by atoms with Gasteiger partial charge in [-0.25, -0.2) is 0 Å². The first-order valence-corrected chi connectivity index (χ1v) is 13.2. The quantitative estimate of drug-likeness (QED) is 0.202. The number of rotatable bonds is 12. The third-order valence-corrected chi connectivity index (χ3v) is 7.56. The van der Waals surface area contributed by atoms with E-state index >= 15 is 0 Å². The molecular weight excluding hydrogens is 540 g/mol. The lowest BCUT2D eigenvalue weighted by atomic mass is 10.1. The molecule has 0 fully saturated rings. The number of carbonyl (C=O) groups excluding carboxylic acids is 1. The lowest BCUT2D eigenvalue weighted by molar-refractivity contribution is -0.118. The van der Waals surface area contributed by atoms with Gasteiger partial charge in [-0.05, 0) is 55.9 Å². The number of ether oxygens (including phenoxy) is 5. The number of thioether (sulfide) groups is 1. The minimum Gasteiger partial charge on any atom is -0.497 e. The van der Waals surface area contributed by atoms with Crippen molar-refractivity contribution in [3.8, 4) is 28.7 Å². The number of anilines is 1. The Bertz CT molecular complexity index is 1260. The van der Waals surface area contributed by atoms with E-state index in [4.69, 9.17) is 23.7 Å². The van der Waals surface area contributed by atoms with E-state index in [9.17, 15) is 4.79 Å². The summed E-state index contributed by atoms with van der Waals surface area (Å²) in [6.07, 6.45) is 0.783. The van der Waals surface area contributed by atoms with Gasteiger partial charge >= 0.3 is 0 Å². The second kappa shape index (κ2) is 14.2. The van der Waals surface area contributed by atoms with Crippen LogP contribution in [0, 0.1) is 0 Å². The molecular formula is C29H35ClN2O6S. The summed E-state index contributed by atoms with van der Waals surface area (Å²) in [6, 6.07) is 19.0. The van der Waals surface area contributed by atoms with Gasteiger partial charge in [0, 0.05) is 30.1 Å². The molecule has 1 heterocycles. The summed E-state index contributed by atoms with van der Waals surface area (Å²) in [5.41, 5.74) is 1.73. The fraction of sp³-hybridized carbons (Fsp3) is 0.345. The first kappa shape index (κ1) is 30.3. The minimum atomic E-state index is -0.419. The largest absolute Gasteiger partial charge is 0.497 e. The Morgan fingerprint density at radius 2 is 1.59 bits per heavy atom. The summed E-state index contributed by atoms with van der Waals surface area (Å²) in [7, 11) is 8.63. The van der Waals surface area contributed by atoms with Crippen LogP contribution in [0.15, 0.2) is 65.6 Å². The molecule has 1 unspecified atom stereocenters. The van der Waals surface area contributed by atoms with Gasteiger partial charge in [0.05, 0.1) is 33.6 Å². The van der Waals surface area contributed by atoms with Crippen molar-refractivity contribution in [3.05, 3.63) is 66.2 Å². The predicted molar refractivity (Wildman–Crippen MR) is 156 cm³/mol. The number of amides is 1. The van der Waals surface area contributed by atoms with Crippen molar-refractivity contribution >= 4 is 35.8 Å². The monoisotopic (exact) mass is 574 g/mol. The number of nitrogens with zero attached hydrogens (tertiary/aromatic N) is 2. The lowest BCUT2D eigenvalue weighted by Crippen LogP contribution is -2.33. The first-order chi connectivity index (χ1) is 18.4. The second-order valence-electron chi connectivity index (χ2n) is 8.84. The van der Waals surface area contributed by atoms with Crippen LogP contribution in [0.4, 0.5) is 5.69 Å². The highest BCUT2D eigenvalue weighted by Gasteiger charge is 2.34. The molecule has 0 spiro atoms. The molecule has 0 aliphatic carbocycles. The van der Waals surface area contributed by atoms with E-state index < -0.39 is 5.25 Å². The summed E-state index contributed by atoms with van der Waals surface area (Å²) in [5.74, 6) is 3.38. The van der Waals surface area contributed by atoms with E-state index in [1.807, 2.05) is 68.7 Å². The zero-order chi connectivity index (χ0) is 27.1. The lowest BCUT2D eigenvalue weighted by Gasteiger charge is -2.32. The number of methoxy groups -OCH3 is 3. The van der Waals surface area contributed by atoms with Crippen molar-refractivity contribution in [3.63, 3.8) is 0 Å². The Hall–Kier alpha value is -3.27. The number of carbonyl (C=O) groups is 1. The van der Waals surface area contributed by atoms with Crippen molar-refractivity contribution in [1.82, 2.24) is 4.90 Å². The molecule has 0 N–H and O–H groups in total. The van der Waals surface area contributed by atoms with E-state index in [2.05, 4.69) is 4.90 Å². The summed E-state index contributed by atoms with van der Waals surface area (Å²) in [5, 5.41) is -0.419. The van der Waals surface area contributed by atoms with Crippen LogP contribution in [0.5, 0.6) is 28.7 Å². The van der Waals surface area contributed by atoms with Crippen molar-refractivity contribution in [1.29, 1.82) is 0 Å². The van der Waals surface area contributed by atoms with Crippen LogP contribution in [0.2, 0.25) is 0 Å². The third-order valence-electron chi connectivity index (χ3n) is 6.27. The van der Waals surface area contributed by atoms with Gasteiger partial charge in [-0.15, -0.1) is 24.2 Å². The molecule has 0 bridgehead atoms. The van der Waals surface area contributed by atoms with Gasteiger partial charge in [0.2, 0.25) is 5.91 Å². The van der Waals surface area contributed by atoms with Gasteiger partial charge in [0.25, 0.3) is 0 Å². The first-order valence-electron chi connectivity index (χ1n) is 12.3. The Kier molecular flexibility index (Phi) is 11.0. The maximum atomic E-state index is 13.3. The number of para-hydroxylation sites is 1. The van der Waals surface area contributed by atoms with Gasteiger partial charge in [-0.2, -0.15) is 0 Å². The smallest absolute Gasteiger partial charge is 0.244 e. The molecule has 210 valence electrons. The Morgan fingerprint density at radius 1 is 0.872 bits per heavy atom. The summed E-state index contributed by atoms with van der Waals surface area (Å²) >= 11 is 1.54. The van der Waals surface area contributed by atoms with Crippen LogP contribution in [0.3, 0.4) is 0 Å². The normalized spacial score (nSPS) is 14.4. The van der Waals surface area contributed by atoms with Crippen molar-refractivity contribution in [2.75, 3.05) is 60.2 Å². The highest BCUT2D eigenvalue weighted by molar-refractivity contribution is 8.00. The van der Waals surface area contributed by atoms with Crippen LogP contribution in [-0.4, -0.2) is 66.1 Å². The van der Waals surface area contributed by atoms with Crippen molar-refractivity contribution in [2.24, 2.45) is 0 Å². The molecule has 0 saturated carbocycles. The molecule has 10 heteroatoms. The number of halogens is 1. The van der Waals surface area contributed by atoms with Gasteiger partial charge < -0.3 is 28.6 Å². The Labute approximate surface area is 240 Å². The number of benzene rings is 3. The molecule has 3 aromatic carbocycles. The highest BCUT2D eigenvalue weighted by atomic mass is 35.5. The molecule has 1 amide bonds. The second-order valence-corrected chi connectivity index (χ2v) is 9.99. The molecule has 1 aliphatic heterocycles. The molecule has 1 atom stereocenters. The zero-order valence-electron chi connectivity index (χ0n) is 22.8. The fourth-order valence-corrected chi connectivity index (χ4v) is 5.47. The summed E-state index contributed by atoms with van der Waals surface area (Å²) in [6.45, 7) is 1.69. The average Bonchev–Trinajstić information content (AvgIpc) is 2.96. The van der Waals surface area contributed by atoms with E-state index in [0.29, 0.717) is 42.1 Å². The Morgan fingerprint density at radius 3 is 2.33 bits per heavy atom. The Balaban J connectivity index is 0.00000420. The molecule has 0 radical (unpaired) electrons. The van der Waals surface area contributed by atoms with Gasteiger partial charge in [0.1, 0.15) is 29.2 Å². The molecule has 0 saturated heterocycles. The van der Waals surface area contributed by atoms with Gasteiger partial charge in [-0.1, -0.05) is 12.1 Å². The third kappa shape index (κ3) is 7.23. The molecule has 4 rings (SSSR count).